The van der Waals surface area contributed by atoms with E-state index >= 15 is 0 Å². The summed E-state index contributed by atoms with van der Waals surface area (Å²) in [5.74, 6) is -0.882. The van der Waals surface area contributed by atoms with Crippen molar-refractivity contribution >= 4 is 17.9 Å². The minimum Gasteiger partial charge on any atom is -0.370 e. The smallest absolute Gasteiger partial charge is 0.370 e. The van der Waals surface area contributed by atoms with Crippen molar-refractivity contribution in [2.24, 2.45) is 5.73 Å². The van der Waals surface area contributed by atoms with Gasteiger partial charge in [-0.25, -0.2) is 0 Å². The van der Waals surface area contributed by atoms with E-state index in [2.05, 4.69) is 0 Å². The summed E-state index contributed by atoms with van der Waals surface area (Å²) in [5.41, 5.74) is 5.76. The molecular formula is C20H19F3N2O2. The summed E-state index contributed by atoms with van der Waals surface area (Å²) in [5, 5.41) is 0. The molecule has 0 aliphatic rings. The van der Waals surface area contributed by atoms with Crippen LogP contribution < -0.4 is 5.73 Å². The number of halogens is 3. The zero-order valence-electron chi connectivity index (χ0n) is 14.4. The van der Waals surface area contributed by atoms with Gasteiger partial charge in [0.1, 0.15) is 0 Å². The molecule has 0 radical (unpaired) electrons. The molecule has 0 unspecified atom stereocenters. The molecule has 2 aromatic carbocycles. The number of amides is 2. The first-order valence-electron chi connectivity index (χ1n) is 8.22. The van der Waals surface area contributed by atoms with Gasteiger partial charge in [-0.15, -0.1) is 0 Å². The Bertz CT molecular complexity index is 800. The molecule has 2 rings (SSSR count). The number of nitrogens with zero attached hydrogens (tertiary/aromatic N) is 1. The number of primary amides is 1. The third-order valence-electron chi connectivity index (χ3n) is 3.81. The molecule has 27 heavy (non-hydrogen) atoms. The van der Waals surface area contributed by atoms with Crippen LogP contribution in [0, 0.1) is 0 Å². The number of nitrogens with two attached hydrogens (primary N) is 1. The van der Waals surface area contributed by atoms with Crippen molar-refractivity contribution in [1.29, 1.82) is 0 Å². The number of carbonyl (C=O) groups excluding carboxylic acids is 2. The van der Waals surface area contributed by atoms with E-state index in [4.69, 9.17) is 5.73 Å². The summed E-state index contributed by atoms with van der Waals surface area (Å²) >= 11 is 0. The molecule has 0 bridgehead atoms. The van der Waals surface area contributed by atoms with Crippen LogP contribution in [0.3, 0.4) is 0 Å². The zero-order valence-corrected chi connectivity index (χ0v) is 14.4. The van der Waals surface area contributed by atoms with Crippen LogP contribution in [0.1, 0.15) is 23.1 Å². The number of carbonyl (C=O) groups is 2. The quantitative estimate of drug-likeness (QED) is 0.750. The van der Waals surface area contributed by atoms with Gasteiger partial charge in [-0.1, -0.05) is 42.5 Å². The van der Waals surface area contributed by atoms with Gasteiger partial charge in [-0.3, -0.25) is 9.59 Å². The van der Waals surface area contributed by atoms with E-state index in [1.54, 1.807) is 0 Å². The average Bonchev–Trinajstić information content (AvgIpc) is 2.63. The summed E-state index contributed by atoms with van der Waals surface area (Å²) in [6.45, 7) is 0.449. The predicted molar refractivity (Wildman–Crippen MR) is 96.1 cm³/mol. The molecule has 2 N–H and O–H groups in total. The standard InChI is InChI=1S/C20H19F3N2O2/c21-20(22,23)17-9-6-15(7-10-17)8-11-19(27)25(13-12-18(24)26)14-16-4-2-1-3-5-16/h1-11H,12-14H2,(H2,24,26)/b11-8+. The molecule has 0 saturated carbocycles. The van der Waals surface area contributed by atoms with Gasteiger partial charge in [-0.05, 0) is 29.3 Å². The SMILES string of the molecule is NC(=O)CCN(Cc1ccccc1)C(=O)/C=C/c1ccc(C(F)(F)F)cc1. The highest BCUT2D eigenvalue weighted by atomic mass is 19.4. The third-order valence-corrected chi connectivity index (χ3v) is 3.81. The van der Waals surface area contributed by atoms with E-state index in [-0.39, 0.29) is 18.9 Å². The van der Waals surface area contributed by atoms with Crippen molar-refractivity contribution in [2.75, 3.05) is 6.54 Å². The van der Waals surface area contributed by atoms with Crippen molar-refractivity contribution in [2.45, 2.75) is 19.1 Å². The average molecular weight is 376 g/mol. The monoisotopic (exact) mass is 376 g/mol. The number of hydrogen-bond acceptors (Lipinski definition) is 2. The Hall–Kier alpha value is -3.09. The normalized spacial score (nSPS) is 11.5. The summed E-state index contributed by atoms with van der Waals surface area (Å²) in [7, 11) is 0. The van der Waals surface area contributed by atoms with E-state index in [9.17, 15) is 22.8 Å². The molecule has 0 atom stereocenters. The molecule has 0 aliphatic carbocycles. The van der Waals surface area contributed by atoms with Crippen LogP contribution in [0.4, 0.5) is 13.2 Å². The minimum absolute atomic E-state index is 0.0205. The Morgan fingerprint density at radius 1 is 1.00 bits per heavy atom. The molecule has 0 aliphatic heterocycles. The van der Waals surface area contributed by atoms with E-state index in [0.717, 1.165) is 17.7 Å². The second-order valence-corrected chi connectivity index (χ2v) is 5.91. The molecule has 142 valence electrons. The summed E-state index contributed by atoms with van der Waals surface area (Å²) in [6.07, 6.45) is -1.68. The van der Waals surface area contributed by atoms with Gasteiger partial charge >= 0.3 is 6.18 Å². The van der Waals surface area contributed by atoms with Crippen molar-refractivity contribution < 1.29 is 22.8 Å². The highest BCUT2D eigenvalue weighted by molar-refractivity contribution is 5.92. The first-order valence-corrected chi connectivity index (χ1v) is 8.22. The Morgan fingerprint density at radius 2 is 1.63 bits per heavy atom. The van der Waals surface area contributed by atoms with Gasteiger partial charge in [0, 0.05) is 25.6 Å². The first kappa shape index (κ1) is 20.2. The Kier molecular flexibility index (Phi) is 6.76. The molecule has 2 amide bonds. The van der Waals surface area contributed by atoms with Gasteiger partial charge < -0.3 is 10.6 Å². The van der Waals surface area contributed by atoms with Crippen LogP contribution in [0.25, 0.3) is 6.08 Å². The second kappa shape index (κ2) is 9.02. The molecule has 7 heteroatoms. The molecule has 0 saturated heterocycles. The van der Waals surface area contributed by atoms with Gasteiger partial charge in [-0.2, -0.15) is 13.2 Å². The summed E-state index contributed by atoms with van der Waals surface area (Å²) in [4.78, 5) is 25.0. The maximum Gasteiger partial charge on any atom is 0.416 e. The van der Waals surface area contributed by atoms with Crippen molar-refractivity contribution in [3.8, 4) is 0 Å². The van der Waals surface area contributed by atoms with Crippen LogP contribution in [0.5, 0.6) is 0 Å². The largest absolute Gasteiger partial charge is 0.416 e. The van der Waals surface area contributed by atoms with E-state index in [0.29, 0.717) is 12.1 Å². The van der Waals surface area contributed by atoms with Crippen LogP contribution >= 0.6 is 0 Å². The van der Waals surface area contributed by atoms with E-state index in [1.165, 1.54) is 29.2 Å². The molecule has 0 aromatic heterocycles. The van der Waals surface area contributed by atoms with E-state index < -0.39 is 17.6 Å². The number of rotatable bonds is 7. The van der Waals surface area contributed by atoms with Crippen LogP contribution in [0.15, 0.2) is 60.7 Å². The lowest BCUT2D eigenvalue weighted by atomic mass is 10.1. The Morgan fingerprint density at radius 3 is 2.19 bits per heavy atom. The molecular weight excluding hydrogens is 357 g/mol. The minimum atomic E-state index is -4.40. The van der Waals surface area contributed by atoms with Gasteiger partial charge in [0.25, 0.3) is 0 Å². The van der Waals surface area contributed by atoms with Gasteiger partial charge in [0.2, 0.25) is 11.8 Å². The fourth-order valence-electron chi connectivity index (χ4n) is 2.37. The highest BCUT2D eigenvalue weighted by Crippen LogP contribution is 2.29. The molecule has 4 nitrogen and oxygen atoms in total. The number of alkyl halides is 3. The summed E-state index contributed by atoms with van der Waals surface area (Å²) < 4.78 is 37.7. The Labute approximate surface area is 155 Å². The third kappa shape index (κ3) is 6.62. The van der Waals surface area contributed by atoms with Gasteiger partial charge in [0.15, 0.2) is 0 Å². The number of benzene rings is 2. The predicted octanol–water partition coefficient (Wildman–Crippen LogP) is 3.62. The fourth-order valence-corrected chi connectivity index (χ4v) is 2.37. The lowest BCUT2D eigenvalue weighted by molar-refractivity contribution is -0.137. The maximum absolute atomic E-state index is 12.6. The lowest BCUT2D eigenvalue weighted by Crippen LogP contribution is -2.32. The molecule has 0 spiro atoms. The van der Waals surface area contributed by atoms with Crippen LogP contribution in [-0.2, 0) is 22.3 Å². The van der Waals surface area contributed by atoms with Crippen molar-refractivity contribution in [3.63, 3.8) is 0 Å². The van der Waals surface area contributed by atoms with Gasteiger partial charge in [0.05, 0.1) is 5.56 Å². The molecule has 0 fully saturated rings. The van der Waals surface area contributed by atoms with Crippen LogP contribution in [-0.4, -0.2) is 23.3 Å². The Balaban J connectivity index is 2.09. The van der Waals surface area contributed by atoms with Crippen molar-refractivity contribution in [1.82, 2.24) is 4.90 Å². The second-order valence-electron chi connectivity index (χ2n) is 5.91. The lowest BCUT2D eigenvalue weighted by Gasteiger charge is -2.20. The van der Waals surface area contributed by atoms with E-state index in [1.807, 2.05) is 30.3 Å². The van der Waals surface area contributed by atoms with Crippen molar-refractivity contribution in [3.05, 3.63) is 77.4 Å². The fraction of sp³-hybridized carbons (Fsp3) is 0.200. The van der Waals surface area contributed by atoms with Crippen LogP contribution in [0.2, 0.25) is 0 Å². The highest BCUT2D eigenvalue weighted by Gasteiger charge is 2.29. The summed E-state index contributed by atoms with van der Waals surface area (Å²) in [6, 6.07) is 13.7. The number of hydrogen-bond donors (Lipinski definition) is 1. The topological polar surface area (TPSA) is 63.4 Å². The maximum atomic E-state index is 12.6. The first-order chi connectivity index (χ1) is 12.8. The molecule has 0 heterocycles. The zero-order chi connectivity index (χ0) is 19.9. The molecule has 2 aromatic rings.